The molecule has 0 atom stereocenters. The van der Waals surface area contributed by atoms with Crippen molar-refractivity contribution in [1.82, 2.24) is 4.57 Å². The van der Waals surface area contributed by atoms with Crippen molar-refractivity contribution in [3.63, 3.8) is 0 Å². The Hall–Kier alpha value is -2.59. The van der Waals surface area contributed by atoms with Gasteiger partial charge in [0.1, 0.15) is 0 Å². The molecule has 1 aromatic heterocycles. The summed E-state index contributed by atoms with van der Waals surface area (Å²) in [5, 5.41) is 9.05. The first-order valence-electron chi connectivity index (χ1n) is 6.51. The van der Waals surface area contributed by atoms with Gasteiger partial charge in [-0.15, -0.1) is 0 Å². The largest absolute Gasteiger partial charge is 0.478 e. The summed E-state index contributed by atoms with van der Waals surface area (Å²) in [4.78, 5) is 22.6. The minimum atomic E-state index is -1.01. The smallest absolute Gasteiger partial charge is 0.328 e. The number of aliphatic carboxylic acids is 1. The molecule has 5 heteroatoms. The molecule has 0 amide bonds. The van der Waals surface area contributed by atoms with Crippen LogP contribution < -0.4 is 0 Å². The summed E-state index contributed by atoms with van der Waals surface area (Å²) >= 11 is 5.98. The van der Waals surface area contributed by atoms with Crippen LogP contribution in [0.3, 0.4) is 0 Å². The van der Waals surface area contributed by atoms with E-state index in [2.05, 4.69) is 0 Å². The van der Waals surface area contributed by atoms with Gasteiger partial charge in [0.05, 0.1) is 5.02 Å². The summed E-state index contributed by atoms with van der Waals surface area (Å²) < 4.78 is 1.78. The van der Waals surface area contributed by atoms with E-state index in [-0.39, 0.29) is 5.78 Å². The second-order valence-corrected chi connectivity index (χ2v) is 5.07. The molecule has 0 radical (unpaired) electrons. The van der Waals surface area contributed by atoms with Gasteiger partial charge in [0, 0.05) is 30.6 Å². The average molecular weight is 316 g/mol. The molecule has 2 rings (SSSR count). The fourth-order valence-electron chi connectivity index (χ4n) is 1.94. The lowest BCUT2D eigenvalue weighted by molar-refractivity contribution is -0.131. The molecule has 0 bridgehead atoms. The number of hydrogen-bond acceptors (Lipinski definition) is 2. The predicted molar refractivity (Wildman–Crippen MR) is 86.9 cm³/mol. The van der Waals surface area contributed by atoms with Gasteiger partial charge in [-0.1, -0.05) is 23.7 Å². The van der Waals surface area contributed by atoms with E-state index < -0.39 is 5.97 Å². The van der Waals surface area contributed by atoms with Gasteiger partial charge < -0.3 is 9.67 Å². The van der Waals surface area contributed by atoms with E-state index in [9.17, 15) is 9.59 Å². The van der Waals surface area contributed by atoms with Crippen molar-refractivity contribution >= 4 is 35.5 Å². The molecule has 4 nitrogen and oxygen atoms in total. The first-order chi connectivity index (χ1) is 10.5. The maximum atomic E-state index is 12.1. The van der Waals surface area contributed by atoms with E-state index in [1.807, 2.05) is 0 Å². The molecule has 1 heterocycles. The van der Waals surface area contributed by atoms with Crippen molar-refractivity contribution in [3.05, 3.63) is 70.5 Å². The lowest BCUT2D eigenvalue weighted by Crippen LogP contribution is -1.94. The number of carboxylic acid groups (broad SMARTS) is 1. The van der Waals surface area contributed by atoms with Crippen LogP contribution in [0.4, 0.5) is 0 Å². The van der Waals surface area contributed by atoms with Gasteiger partial charge >= 0.3 is 5.97 Å². The summed E-state index contributed by atoms with van der Waals surface area (Å²) in [6.45, 7) is 0. The van der Waals surface area contributed by atoms with Crippen molar-refractivity contribution < 1.29 is 14.7 Å². The van der Waals surface area contributed by atoms with Crippen LogP contribution in [0.1, 0.15) is 21.6 Å². The number of ketones is 1. The van der Waals surface area contributed by atoms with Crippen molar-refractivity contribution in [2.75, 3.05) is 0 Å². The Balaban J connectivity index is 2.17. The number of aryl methyl sites for hydroxylation is 1. The van der Waals surface area contributed by atoms with E-state index in [0.29, 0.717) is 10.6 Å². The highest BCUT2D eigenvalue weighted by Gasteiger charge is 2.06. The summed E-state index contributed by atoms with van der Waals surface area (Å²) in [6.07, 6.45) is 7.48. The number of benzene rings is 1. The lowest BCUT2D eigenvalue weighted by Gasteiger charge is -1.97. The number of halogens is 1. The van der Waals surface area contributed by atoms with E-state index in [1.54, 1.807) is 54.2 Å². The van der Waals surface area contributed by atoms with E-state index >= 15 is 0 Å². The van der Waals surface area contributed by atoms with Gasteiger partial charge in [0.2, 0.25) is 0 Å². The molecule has 0 saturated heterocycles. The monoisotopic (exact) mass is 315 g/mol. The molecule has 1 N–H and O–H groups in total. The second-order valence-electron chi connectivity index (χ2n) is 4.66. The number of carboxylic acids is 1. The van der Waals surface area contributed by atoms with Crippen LogP contribution in [0.15, 0.2) is 48.7 Å². The molecular formula is C17H14ClNO3. The number of aromatic nitrogens is 1. The van der Waals surface area contributed by atoms with E-state index in [4.69, 9.17) is 16.7 Å². The van der Waals surface area contributed by atoms with Crippen LogP contribution in [0.5, 0.6) is 0 Å². The summed E-state index contributed by atoms with van der Waals surface area (Å²) in [5.41, 5.74) is 1.97. The Morgan fingerprint density at radius 2 is 1.91 bits per heavy atom. The summed E-state index contributed by atoms with van der Waals surface area (Å²) in [6, 6.07) is 8.64. The molecule has 112 valence electrons. The second kappa shape index (κ2) is 6.91. The molecule has 2 aromatic rings. The maximum absolute atomic E-state index is 12.1. The van der Waals surface area contributed by atoms with Gasteiger partial charge in [0.15, 0.2) is 5.78 Å². The first kappa shape index (κ1) is 15.8. The van der Waals surface area contributed by atoms with Gasteiger partial charge in [-0.2, -0.15) is 0 Å². The minimum absolute atomic E-state index is 0.183. The predicted octanol–water partition coefficient (Wildman–Crippen LogP) is 3.67. The molecule has 0 aliphatic carbocycles. The molecule has 22 heavy (non-hydrogen) atoms. The van der Waals surface area contributed by atoms with Crippen molar-refractivity contribution in [2.24, 2.45) is 7.05 Å². The quantitative estimate of drug-likeness (QED) is 0.676. The van der Waals surface area contributed by atoms with Crippen LogP contribution in [0, 0.1) is 0 Å². The maximum Gasteiger partial charge on any atom is 0.328 e. The van der Waals surface area contributed by atoms with Gasteiger partial charge in [-0.3, -0.25) is 4.79 Å². The molecule has 0 spiro atoms. The lowest BCUT2D eigenvalue weighted by atomic mass is 10.1. The standard InChI is InChI=1S/C17H14ClNO3/c1-19-11-12(10-13(19)7-9-17(21)22)6-8-16(20)14-4-2-3-5-15(14)18/h2-11H,1H3,(H,21,22)/b8-6+,9-7+. The van der Waals surface area contributed by atoms with Crippen molar-refractivity contribution in [3.8, 4) is 0 Å². The van der Waals surface area contributed by atoms with Gasteiger partial charge in [-0.25, -0.2) is 4.79 Å². The zero-order chi connectivity index (χ0) is 16.1. The molecular weight excluding hydrogens is 302 g/mol. The SMILES string of the molecule is Cn1cc(/C=C/C(=O)c2ccccc2Cl)cc1/C=C/C(=O)O. The highest BCUT2D eigenvalue weighted by molar-refractivity contribution is 6.34. The molecule has 0 aliphatic heterocycles. The van der Waals surface area contributed by atoms with Crippen LogP contribution in [-0.2, 0) is 11.8 Å². The Bertz CT molecular complexity index is 772. The third kappa shape index (κ3) is 3.96. The molecule has 1 aromatic carbocycles. The number of hydrogen-bond donors (Lipinski definition) is 1. The number of rotatable bonds is 5. The average Bonchev–Trinajstić information content (AvgIpc) is 2.83. The fraction of sp³-hybridized carbons (Fsp3) is 0.0588. The molecule has 0 aliphatic rings. The zero-order valence-corrected chi connectivity index (χ0v) is 12.6. The van der Waals surface area contributed by atoms with Gasteiger partial charge in [-0.05, 0) is 42.0 Å². The number of carbonyl (C=O) groups excluding carboxylic acids is 1. The number of carbonyl (C=O) groups is 2. The summed E-state index contributed by atoms with van der Waals surface area (Å²) in [7, 11) is 1.80. The Morgan fingerprint density at radius 1 is 1.18 bits per heavy atom. The van der Waals surface area contributed by atoms with Crippen LogP contribution in [0.25, 0.3) is 12.2 Å². The Morgan fingerprint density at radius 3 is 2.59 bits per heavy atom. The number of nitrogens with zero attached hydrogens (tertiary/aromatic N) is 1. The number of allylic oxidation sites excluding steroid dienone is 1. The van der Waals surface area contributed by atoms with E-state index in [0.717, 1.165) is 17.3 Å². The Labute approximate surface area is 133 Å². The first-order valence-corrected chi connectivity index (χ1v) is 6.89. The fourth-order valence-corrected chi connectivity index (χ4v) is 2.17. The molecule has 0 unspecified atom stereocenters. The third-order valence-corrected chi connectivity index (χ3v) is 3.36. The van der Waals surface area contributed by atoms with Crippen LogP contribution in [-0.4, -0.2) is 21.4 Å². The highest BCUT2D eigenvalue weighted by atomic mass is 35.5. The zero-order valence-electron chi connectivity index (χ0n) is 11.9. The minimum Gasteiger partial charge on any atom is -0.478 e. The highest BCUT2D eigenvalue weighted by Crippen LogP contribution is 2.17. The normalized spacial score (nSPS) is 11.4. The van der Waals surface area contributed by atoms with Crippen LogP contribution in [0.2, 0.25) is 5.02 Å². The van der Waals surface area contributed by atoms with Crippen molar-refractivity contribution in [1.29, 1.82) is 0 Å². The Kier molecular flexibility index (Phi) is 4.96. The van der Waals surface area contributed by atoms with Gasteiger partial charge in [0.25, 0.3) is 0 Å². The van der Waals surface area contributed by atoms with E-state index in [1.165, 1.54) is 12.2 Å². The molecule has 0 saturated carbocycles. The molecule has 0 fully saturated rings. The summed E-state index contributed by atoms with van der Waals surface area (Å²) in [5.74, 6) is -1.19. The topological polar surface area (TPSA) is 59.3 Å². The van der Waals surface area contributed by atoms with Crippen LogP contribution >= 0.6 is 11.6 Å². The third-order valence-electron chi connectivity index (χ3n) is 3.03. The van der Waals surface area contributed by atoms with Crippen molar-refractivity contribution in [2.45, 2.75) is 0 Å².